The van der Waals surface area contributed by atoms with Crippen molar-refractivity contribution in [2.75, 3.05) is 6.54 Å². The van der Waals surface area contributed by atoms with Gasteiger partial charge in [-0.1, -0.05) is 5.06 Å². The van der Waals surface area contributed by atoms with E-state index < -0.39 is 12.2 Å². The van der Waals surface area contributed by atoms with Gasteiger partial charge in [-0.3, -0.25) is 0 Å². The first-order valence-corrected chi connectivity index (χ1v) is 6.04. The number of benzene rings is 1. The average molecular weight is 247 g/mol. The van der Waals surface area contributed by atoms with Crippen LogP contribution in [0, 0.1) is 0 Å². The molecule has 0 spiro atoms. The fourth-order valence-corrected chi connectivity index (χ4v) is 2.19. The molecule has 0 aromatic heterocycles. The van der Waals surface area contributed by atoms with Crippen LogP contribution in [0.3, 0.4) is 0 Å². The highest BCUT2D eigenvalue weighted by atomic mass is 16.7. The molecule has 18 heavy (non-hydrogen) atoms. The maximum atomic E-state index is 11.9. The smallest absolute Gasteiger partial charge is 0.357 e. The van der Waals surface area contributed by atoms with Crippen molar-refractivity contribution in [3.05, 3.63) is 35.4 Å². The maximum Gasteiger partial charge on any atom is 0.357 e. The van der Waals surface area contributed by atoms with Crippen LogP contribution >= 0.6 is 0 Å². The van der Waals surface area contributed by atoms with Crippen molar-refractivity contribution in [3.8, 4) is 0 Å². The normalized spacial score (nSPS) is 24.1. The molecule has 5 nitrogen and oxygen atoms in total. The summed E-state index contributed by atoms with van der Waals surface area (Å²) in [7, 11) is 0. The molecule has 4 rings (SSSR count). The van der Waals surface area contributed by atoms with Crippen LogP contribution < -0.4 is 0 Å². The number of hydrogen-bond acceptors (Lipinski definition) is 5. The van der Waals surface area contributed by atoms with Crippen LogP contribution in [0.4, 0.5) is 0 Å². The van der Waals surface area contributed by atoms with E-state index in [1.54, 1.807) is 24.3 Å². The maximum absolute atomic E-state index is 11.9. The van der Waals surface area contributed by atoms with E-state index in [9.17, 15) is 9.59 Å². The number of esters is 1. The van der Waals surface area contributed by atoms with Crippen molar-refractivity contribution in [1.82, 2.24) is 5.06 Å². The lowest BCUT2D eigenvalue weighted by molar-refractivity contribution is -0.212. The van der Waals surface area contributed by atoms with Gasteiger partial charge in [0.25, 0.3) is 0 Å². The van der Waals surface area contributed by atoms with Gasteiger partial charge in [0, 0.05) is 13.0 Å². The molecule has 1 atom stereocenters. The van der Waals surface area contributed by atoms with Crippen LogP contribution in [0.1, 0.15) is 40.0 Å². The molecule has 1 fully saturated rings. The van der Waals surface area contributed by atoms with Crippen molar-refractivity contribution < 1.29 is 19.2 Å². The fourth-order valence-electron chi connectivity index (χ4n) is 2.19. The Morgan fingerprint density at radius 1 is 1.00 bits per heavy atom. The van der Waals surface area contributed by atoms with Crippen LogP contribution in [0.15, 0.2) is 24.3 Å². The molecule has 1 aromatic carbocycles. The van der Waals surface area contributed by atoms with Crippen molar-refractivity contribution in [2.45, 2.75) is 25.5 Å². The van der Waals surface area contributed by atoms with Crippen molar-refractivity contribution in [1.29, 1.82) is 0 Å². The number of ether oxygens (including phenoxy) is 1. The van der Waals surface area contributed by atoms with E-state index in [4.69, 9.17) is 9.57 Å². The highest BCUT2D eigenvalue weighted by Gasteiger charge is 2.30. The van der Waals surface area contributed by atoms with Gasteiger partial charge >= 0.3 is 11.9 Å². The zero-order chi connectivity index (χ0) is 12.5. The number of hydrogen-bond donors (Lipinski definition) is 0. The molecule has 1 unspecified atom stereocenters. The molecule has 5 heteroatoms. The first-order chi connectivity index (χ1) is 8.74. The van der Waals surface area contributed by atoms with E-state index >= 15 is 0 Å². The second-order valence-electron chi connectivity index (χ2n) is 4.45. The largest absolute Gasteiger partial charge is 0.440 e. The topological polar surface area (TPSA) is 55.8 Å². The fraction of sp³-hybridized carbons (Fsp3) is 0.385. The Labute approximate surface area is 104 Å². The van der Waals surface area contributed by atoms with Gasteiger partial charge in [-0.2, -0.15) is 0 Å². The Morgan fingerprint density at radius 2 is 1.67 bits per heavy atom. The molecule has 94 valence electrons. The van der Waals surface area contributed by atoms with Crippen LogP contribution in [-0.4, -0.2) is 29.8 Å². The Hall–Kier alpha value is -1.88. The predicted molar refractivity (Wildman–Crippen MR) is 61.6 cm³/mol. The summed E-state index contributed by atoms with van der Waals surface area (Å²) < 4.78 is 5.37. The van der Waals surface area contributed by atoms with E-state index in [0.717, 1.165) is 12.8 Å². The first kappa shape index (κ1) is 11.2. The quantitative estimate of drug-likeness (QED) is 0.653. The molecule has 3 aliphatic heterocycles. The van der Waals surface area contributed by atoms with Gasteiger partial charge in [0.2, 0.25) is 0 Å². The number of carbonyl (C=O) groups excluding carboxylic acids is 2. The summed E-state index contributed by atoms with van der Waals surface area (Å²) in [5.74, 6) is -0.789. The third kappa shape index (κ3) is 1.97. The van der Waals surface area contributed by atoms with E-state index in [-0.39, 0.29) is 5.97 Å². The molecule has 2 bridgehead atoms. The monoisotopic (exact) mass is 247 g/mol. The third-order valence-electron chi connectivity index (χ3n) is 3.20. The zero-order valence-corrected chi connectivity index (χ0v) is 9.80. The highest BCUT2D eigenvalue weighted by molar-refractivity contribution is 5.93. The SMILES string of the molecule is O=C1OC2CCCCN2OC(=O)c2ccc1cc2. The molecule has 0 amide bonds. The molecule has 0 radical (unpaired) electrons. The lowest BCUT2D eigenvalue weighted by Gasteiger charge is -2.33. The average Bonchev–Trinajstić information content (AvgIpc) is 2.40. The molecule has 3 heterocycles. The molecular weight excluding hydrogens is 234 g/mol. The summed E-state index contributed by atoms with van der Waals surface area (Å²) in [6, 6.07) is 6.31. The molecule has 1 aromatic rings. The lowest BCUT2D eigenvalue weighted by atomic mass is 10.1. The second-order valence-corrected chi connectivity index (χ2v) is 4.45. The van der Waals surface area contributed by atoms with E-state index in [1.807, 2.05) is 0 Å². The second kappa shape index (κ2) is 4.42. The predicted octanol–water partition coefficient (Wildman–Crippen LogP) is 1.74. The minimum atomic E-state index is -0.468. The van der Waals surface area contributed by atoms with Crippen LogP contribution in [0.2, 0.25) is 0 Å². The Balaban J connectivity index is 1.97. The minimum absolute atomic E-state index is 0.378. The number of nitrogens with zero attached hydrogens (tertiary/aromatic N) is 1. The molecule has 0 N–H and O–H groups in total. The standard InChI is InChI=1S/C13H13NO4/c15-12-9-4-6-10(7-5-9)13(16)18-14-8-2-1-3-11(14)17-12/h4-7,11H,1-3,8H2. The van der Waals surface area contributed by atoms with Crippen molar-refractivity contribution in [3.63, 3.8) is 0 Å². The summed E-state index contributed by atoms with van der Waals surface area (Å²) in [5.41, 5.74) is 0.900. The minimum Gasteiger partial charge on any atom is -0.440 e. The van der Waals surface area contributed by atoms with Gasteiger partial charge in [-0.05, 0) is 37.1 Å². The van der Waals surface area contributed by atoms with E-state index in [0.29, 0.717) is 24.1 Å². The van der Waals surface area contributed by atoms with Gasteiger partial charge in [0.1, 0.15) is 0 Å². The summed E-state index contributed by atoms with van der Waals surface area (Å²) in [4.78, 5) is 29.0. The Bertz CT molecular complexity index is 437. The van der Waals surface area contributed by atoms with Gasteiger partial charge in [-0.25, -0.2) is 9.59 Å². The van der Waals surface area contributed by atoms with Crippen LogP contribution in [0.5, 0.6) is 0 Å². The summed E-state index contributed by atoms with van der Waals surface area (Å²) >= 11 is 0. The molecule has 0 saturated carbocycles. The lowest BCUT2D eigenvalue weighted by Crippen LogP contribution is -2.44. The Morgan fingerprint density at radius 3 is 2.39 bits per heavy atom. The number of fused-ring (bicyclic) bond motifs is 4. The number of piperidine rings is 1. The van der Waals surface area contributed by atoms with Gasteiger partial charge in [0.05, 0.1) is 11.1 Å². The molecule has 1 saturated heterocycles. The first-order valence-electron chi connectivity index (χ1n) is 6.04. The van der Waals surface area contributed by atoms with Gasteiger partial charge in [-0.15, -0.1) is 0 Å². The van der Waals surface area contributed by atoms with Crippen molar-refractivity contribution in [2.24, 2.45) is 0 Å². The van der Waals surface area contributed by atoms with Gasteiger partial charge in [0.15, 0.2) is 6.23 Å². The molecule has 0 aliphatic carbocycles. The van der Waals surface area contributed by atoms with E-state index in [1.165, 1.54) is 5.06 Å². The van der Waals surface area contributed by atoms with Crippen LogP contribution in [0.25, 0.3) is 0 Å². The van der Waals surface area contributed by atoms with E-state index in [2.05, 4.69) is 0 Å². The zero-order valence-electron chi connectivity index (χ0n) is 9.80. The third-order valence-corrected chi connectivity index (χ3v) is 3.20. The molecule has 3 aliphatic rings. The number of carbonyl (C=O) groups is 2. The summed E-state index contributed by atoms with van der Waals surface area (Å²) in [6.45, 7) is 0.597. The van der Waals surface area contributed by atoms with Crippen LogP contribution in [-0.2, 0) is 9.57 Å². The van der Waals surface area contributed by atoms with Crippen molar-refractivity contribution >= 4 is 11.9 Å². The summed E-state index contributed by atoms with van der Waals surface area (Å²) in [6.07, 6.45) is 2.11. The molecular formula is C13H13NO4. The highest BCUT2D eigenvalue weighted by Crippen LogP contribution is 2.22. The number of hydroxylamine groups is 2. The van der Waals surface area contributed by atoms with Gasteiger partial charge < -0.3 is 9.57 Å². The number of rotatable bonds is 0. The summed E-state index contributed by atoms with van der Waals surface area (Å²) in [5, 5.41) is 1.47. The Kier molecular flexibility index (Phi) is 2.76.